The number of rotatable bonds is 7. The van der Waals surface area contributed by atoms with Crippen LogP contribution in [-0.4, -0.2) is 69.3 Å². The van der Waals surface area contributed by atoms with Gasteiger partial charge in [-0.3, -0.25) is 4.79 Å². The highest BCUT2D eigenvalue weighted by Gasteiger charge is 2.33. The highest BCUT2D eigenvalue weighted by atomic mass is 32.2. The van der Waals surface area contributed by atoms with Gasteiger partial charge >= 0.3 is 0 Å². The van der Waals surface area contributed by atoms with Crippen LogP contribution in [-0.2, 0) is 14.6 Å². The summed E-state index contributed by atoms with van der Waals surface area (Å²) in [6, 6.07) is 7.77. The number of benzene rings is 1. The molecule has 1 amide bonds. The number of aromatic nitrogens is 4. The summed E-state index contributed by atoms with van der Waals surface area (Å²) in [5.74, 6) is 0.707. The molecule has 1 aliphatic heterocycles. The molecule has 0 unspecified atom stereocenters. The Labute approximate surface area is 169 Å². The average molecular weight is 424 g/mol. The fourth-order valence-electron chi connectivity index (χ4n) is 3.30. The summed E-state index contributed by atoms with van der Waals surface area (Å²) < 4.78 is 25.1. The molecule has 0 N–H and O–H groups in total. The topological polar surface area (TPSA) is 98.1 Å². The number of nitrogens with zero attached hydrogens (tertiary/aromatic N) is 5. The molecule has 152 valence electrons. The molecule has 28 heavy (non-hydrogen) atoms. The van der Waals surface area contributed by atoms with Crippen molar-refractivity contribution in [3.8, 4) is 5.69 Å². The van der Waals surface area contributed by atoms with Crippen LogP contribution in [0.3, 0.4) is 0 Å². The van der Waals surface area contributed by atoms with Gasteiger partial charge in [-0.25, -0.2) is 8.42 Å². The standard InChI is InChI=1S/C18H25N5O3S2/c1-4-22(16-9-10-28(25,26)12-16)17(24)11-27-18-19-20-21-23(18)15-7-5-14(6-8-15)13(2)3/h5-8,13,16H,4,9-12H2,1-3H3/t16-/m0/s1. The first kappa shape index (κ1) is 20.8. The van der Waals surface area contributed by atoms with Crippen LogP contribution in [0.15, 0.2) is 29.4 Å². The third-order valence-corrected chi connectivity index (χ3v) is 7.53. The van der Waals surface area contributed by atoms with Gasteiger partial charge < -0.3 is 4.90 Å². The van der Waals surface area contributed by atoms with E-state index in [1.165, 1.54) is 17.3 Å². The van der Waals surface area contributed by atoms with Gasteiger partial charge in [0.05, 0.1) is 22.9 Å². The quantitative estimate of drug-likeness (QED) is 0.627. The Hall–Kier alpha value is -1.94. The minimum absolute atomic E-state index is 0.0528. The molecule has 1 aromatic heterocycles. The molecule has 1 aliphatic rings. The molecule has 0 spiro atoms. The van der Waals surface area contributed by atoms with Crippen molar-refractivity contribution in [1.82, 2.24) is 25.1 Å². The van der Waals surface area contributed by atoms with Crippen LogP contribution in [0.5, 0.6) is 0 Å². The van der Waals surface area contributed by atoms with E-state index in [-0.39, 0.29) is 29.2 Å². The number of tetrazole rings is 1. The summed E-state index contributed by atoms with van der Waals surface area (Å²) in [7, 11) is -3.03. The second-order valence-electron chi connectivity index (χ2n) is 7.14. The van der Waals surface area contributed by atoms with E-state index in [1.807, 2.05) is 31.2 Å². The van der Waals surface area contributed by atoms with Gasteiger partial charge in [-0.2, -0.15) is 4.68 Å². The molecule has 2 heterocycles. The lowest BCUT2D eigenvalue weighted by Gasteiger charge is -2.26. The van der Waals surface area contributed by atoms with Crippen molar-refractivity contribution >= 4 is 27.5 Å². The second kappa shape index (κ2) is 8.60. The van der Waals surface area contributed by atoms with E-state index in [1.54, 1.807) is 9.58 Å². The minimum atomic E-state index is -3.03. The first-order chi connectivity index (χ1) is 13.3. The maximum Gasteiger partial charge on any atom is 0.233 e. The molecule has 0 bridgehead atoms. The fraction of sp³-hybridized carbons (Fsp3) is 0.556. The molecule has 0 radical (unpaired) electrons. The molecule has 3 rings (SSSR count). The molecule has 1 fully saturated rings. The first-order valence-electron chi connectivity index (χ1n) is 9.32. The van der Waals surface area contributed by atoms with Gasteiger partial charge in [-0.15, -0.1) is 5.10 Å². The van der Waals surface area contributed by atoms with Gasteiger partial charge in [0, 0.05) is 12.6 Å². The summed E-state index contributed by atoms with van der Waals surface area (Å²) >= 11 is 1.26. The summed E-state index contributed by atoms with van der Waals surface area (Å²) in [5.41, 5.74) is 2.06. The molecular weight excluding hydrogens is 398 g/mol. The van der Waals surface area contributed by atoms with E-state index in [0.717, 1.165) is 5.69 Å². The third-order valence-electron chi connectivity index (χ3n) is 4.88. The van der Waals surface area contributed by atoms with E-state index in [2.05, 4.69) is 29.4 Å². The fourth-order valence-corrected chi connectivity index (χ4v) is 5.81. The number of sulfone groups is 1. The molecule has 0 saturated carbocycles. The lowest BCUT2D eigenvalue weighted by molar-refractivity contribution is -0.129. The van der Waals surface area contributed by atoms with Gasteiger partial charge in [0.15, 0.2) is 9.84 Å². The lowest BCUT2D eigenvalue weighted by atomic mass is 10.0. The zero-order valence-electron chi connectivity index (χ0n) is 16.3. The summed E-state index contributed by atoms with van der Waals surface area (Å²) in [4.78, 5) is 14.3. The Kier molecular flexibility index (Phi) is 6.39. The minimum Gasteiger partial charge on any atom is -0.338 e. The first-order valence-corrected chi connectivity index (χ1v) is 12.1. The van der Waals surface area contributed by atoms with Crippen molar-refractivity contribution in [2.75, 3.05) is 23.8 Å². The van der Waals surface area contributed by atoms with E-state index in [9.17, 15) is 13.2 Å². The zero-order valence-corrected chi connectivity index (χ0v) is 17.9. The zero-order chi connectivity index (χ0) is 20.3. The van der Waals surface area contributed by atoms with E-state index in [4.69, 9.17) is 0 Å². The molecule has 0 aliphatic carbocycles. The van der Waals surface area contributed by atoms with Crippen molar-refractivity contribution in [3.05, 3.63) is 29.8 Å². The number of hydrogen-bond donors (Lipinski definition) is 0. The van der Waals surface area contributed by atoms with Gasteiger partial charge in [-0.05, 0) is 47.4 Å². The summed E-state index contributed by atoms with van der Waals surface area (Å²) in [5, 5.41) is 12.3. The van der Waals surface area contributed by atoms with Gasteiger partial charge in [-0.1, -0.05) is 37.7 Å². The smallest absolute Gasteiger partial charge is 0.233 e. The van der Waals surface area contributed by atoms with Gasteiger partial charge in [0.1, 0.15) is 0 Å². The van der Waals surface area contributed by atoms with E-state index < -0.39 is 9.84 Å². The number of carbonyl (C=O) groups excluding carboxylic acids is 1. The van der Waals surface area contributed by atoms with E-state index in [0.29, 0.717) is 24.0 Å². The number of thioether (sulfide) groups is 1. The van der Waals surface area contributed by atoms with Crippen LogP contribution in [0.1, 0.15) is 38.7 Å². The Morgan fingerprint density at radius 2 is 2.04 bits per heavy atom. The Morgan fingerprint density at radius 1 is 1.32 bits per heavy atom. The van der Waals surface area contributed by atoms with Crippen molar-refractivity contribution < 1.29 is 13.2 Å². The highest BCUT2D eigenvalue weighted by Crippen LogP contribution is 2.23. The van der Waals surface area contributed by atoms with Crippen LogP contribution in [0.4, 0.5) is 0 Å². The Balaban J connectivity index is 1.66. The monoisotopic (exact) mass is 423 g/mol. The maximum atomic E-state index is 12.7. The van der Waals surface area contributed by atoms with E-state index >= 15 is 0 Å². The lowest BCUT2D eigenvalue weighted by Crippen LogP contribution is -2.42. The van der Waals surface area contributed by atoms with Crippen molar-refractivity contribution in [1.29, 1.82) is 0 Å². The number of amides is 1. The van der Waals surface area contributed by atoms with Crippen LogP contribution in [0, 0.1) is 0 Å². The van der Waals surface area contributed by atoms with Crippen LogP contribution < -0.4 is 0 Å². The largest absolute Gasteiger partial charge is 0.338 e. The normalized spacial score (nSPS) is 18.5. The molecule has 8 nitrogen and oxygen atoms in total. The van der Waals surface area contributed by atoms with Gasteiger partial charge in [0.2, 0.25) is 11.1 Å². The summed E-state index contributed by atoms with van der Waals surface area (Å²) in [6.45, 7) is 6.62. The Bertz CT molecular complexity index is 925. The molecule has 10 heteroatoms. The molecule has 2 aromatic rings. The third kappa shape index (κ3) is 4.72. The predicted octanol–water partition coefficient (Wildman–Crippen LogP) is 1.91. The number of hydrogen-bond acceptors (Lipinski definition) is 7. The van der Waals surface area contributed by atoms with Crippen LogP contribution in [0.2, 0.25) is 0 Å². The van der Waals surface area contributed by atoms with Crippen molar-refractivity contribution in [2.45, 2.75) is 44.3 Å². The highest BCUT2D eigenvalue weighted by molar-refractivity contribution is 7.99. The SMILES string of the molecule is CCN(C(=O)CSc1nnnn1-c1ccc(C(C)C)cc1)[C@H]1CCS(=O)(=O)C1. The van der Waals surface area contributed by atoms with Gasteiger partial charge in [0.25, 0.3) is 0 Å². The summed E-state index contributed by atoms with van der Waals surface area (Å²) in [6.07, 6.45) is 0.506. The van der Waals surface area contributed by atoms with Crippen molar-refractivity contribution in [3.63, 3.8) is 0 Å². The predicted molar refractivity (Wildman–Crippen MR) is 108 cm³/mol. The average Bonchev–Trinajstić information content (AvgIpc) is 3.27. The molecule has 1 aromatic carbocycles. The second-order valence-corrected chi connectivity index (χ2v) is 10.3. The number of carbonyl (C=O) groups is 1. The van der Waals surface area contributed by atoms with Crippen LogP contribution in [0.25, 0.3) is 5.69 Å². The van der Waals surface area contributed by atoms with Crippen molar-refractivity contribution in [2.24, 2.45) is 0 Å². The molecular formula is C18H25N5O3S2. The maximum absolute atomic E-state index is 12.7. The molecule has 1 atom stereocenters. The Morgan fingerprint density at radius 3 is 2.61 bits per heavy atom. The van der Waals surface area contributed by atoms with Crippen LogP contribution >= 0.6 is 11.8 Å². The molecule has 1 saturated heterocycles.